The molecule has 0 spiro atoms. The van der Waals surface area contributed by atoms with E-state index < -0.39 is 58.8 Å². The van der Waals surface area contributed by atoms with Crippen LogP contribution in [0.25, 0.3) is 0 Å². The molecule has 1 aromatic carbocycles. The van der Waals surface area contributed by atoms with Crippen LogP contribution >= 0.6 is 0 Å². The predicted molar refractivity (Wildman–Crippen MR) is 151 cm³/mol. The second-order valence-corrected chi connectivity index (χ2v) is 12.6. The smallest absolute Gasteiger partial charge is 0.329 e. The molecule has 0 heterocycles. The Labute approximate surface area is 243 Å². The number of hydrogen-bond donors (Lipinski definition) is 2. The number of carbonyl (C=O) groups is 5. The fraction of sp³-hybridized carbons (Fsp3) is 0.633. The van der Waals surface area contributed by atoms with Gasteiger partial charge in [-0.2, -0.15) is 0 Å². The molecule has 1 aromatic rings. The van der Waals surface area contributed by atoms with Crippen LogP contribution in [0.5, 0.6) is 0 Å². The van der Waals surface area contributed by atoms with Gasteiger partial charge < -0.3 is 29.6 Å². The number of amides is 2. The van der Waals surface area contributed by atoms with Gasteiger partial charge in [0, 0.05) is 12.8 Å². The van der Waals surface area contributed by atoms with E-state index in [4.69, 9.17) is 18.9 Å². The number of benzene rings is 1. The maximum atomic E-state index is 13.0. The van der Waals surface area contributed by atoms with Crippen LogP contribution in [0.4, 0.5) is 4.79 Å². The highest BCUT2D eigenvalue weighted by molar-refractivity contribution is 5.88. The van der Waals surface area contributed by atoms with Crippen molar-refractivity contribution >= 4 is 29.9 Å². The quantitative estimate of drug-likeness (QED) is 0.273. The molecular weight excluding hydrogens is 532 g/mol. The first-order valence-corrected chi connectivity index (χ1v) is 13.7. The van der Waals surface area contributed by atoms with E-state index in [1.807, 2.05) is 30.3 Å². The Morgan fingerprint density at radius 1 is 0.634 bits per heavy atom. The largest absolute Gasteiger partial charge is 0.461 e. The molecule has 41 heavy (non-hydrogen) atoms. The molecule has 0 aliphatic heterocycles. The van der Waals surface area contributed by atoms with Gasteiger partial charge in [0.25, 0.3) is 0 Å². The fourth-order valence-electron chi connectivity index (χ4n) is 3.33. The molecule has 230 valence electrons. The van der Waals surface area contributed by atoms with Crippen LogP contribution in [0.15, 0.2) is 30.3 Å². The van der Waals surface area contributed by atoms with E-state index in [9.17, 15) is 24.0 Å². The summed E-state index contributed by atoms with van der Waals surface area (Å²) < 4.78 is 21.4. The Hall–Kier alpha value is -3.63. The Balaban J connectivity index is 2.93. The maximum Gasteiger partial charge on any atom is 0.329 e. The van der Waals surface area contributed by atoms with E-state index in [2.05, 4.69) is 10.6 Å². The molecule has 0 bridgehead atoms. The molecule has 0 fully saturated rings. The molecule has 0 aliphatic rings. The topological polar surface area (TPSA) is 146 Å². The number of nitrogens with one attached hydrogen (secondary N) is 2. The number of carbonyl (C=O) groups excluding carboxylic acids is 5. The Morgan fingerprint density at radius 2 is 1.05 bits per heavy atom. The number of ether oxygens (including phenoxy) is 4. The van der Waals surface area contributed by atoms with Gasteiger partial charge in [-0.25, -0.2) is 14.4 Å². The normalized spacial score (nSPS) is 13.3. The van der Waals surface area contributed by atoms with Gasteiger partial charge in [-0.15, -0.1) is 0 Å². The van der Waals surface area contributed by atoms with Gasteiger partial charge in [0.1, 0.15) is 35.5 Å². The molecule has 2 N–H and O–H groups in total. The predicted octanol–water partition coefficient (Wildman–Crippen LogP) is 4.35. The van der Waals surface area contributed by atoms with Crippen LogP contribution in [0, 0.1) is 0 Å². The highest BCUT2D eigenvalue weighted by Crippen LogP contribution is 2.15. The molecule has 11 nitrogen and oxygen atoms in total. The first-order chi connectivity index (χ1) is 18.7. The summed E-state index contributed by atoms with van der Waals surface area (Å²) in [5, 5.41) is 4.97. The SMILES string of the molecule is CC(C)(C)OC(=O)CCC(NC(=O)NC(CCC(=O)OCc1ccccc1)C(=O)OC(C)(C)C)C(=O)OC(C)(C)C. The number of hydrogen-bond acceptors (Lipinski definition) is 9. The minimum Gasteiger partial charge on any atom is -0.461 e. The number of esters is 4. The van der Waals surface area contributed by atoms with Gasteiger partial charge in [0.05, 0.1) is 0 Å². The van der Waals surface area contributed by atoms with Gasteiger partial charge in [0.2, 0.25) is 0 Å². The van der Waals surface area contributed by atoms with Gasteiger partial charge >= 0.3 is 29.9 Å². The zero-order chi connectivity index (χ0) is 31.4. The van der Waals surface area contributed by atoms with Crippen LogP contribution in [0.3, 0.4) is 0 Å². The van der Waals surface area contributed by atoms with Crippen molar-refractivity contribution in [2.75, 3.05) is 0 Å². The zero-order valence-corrected chi connectivity index (χ0v) is 25.8. The second kappa shape index (κ2) is 15.4. The summed E-state index contributed by atoms with van der Waals surface area (Å²) in [7, 11) is 0. The lowest BCUT2D eigenvalue weighted by Crippen LogP contribution is -2.53. The summed E-state index contributed by atoms with van der Waals surface area (Å²) >= 11 is 0. The summed E-state index contributed by atoms with van der Waals surface area (Å²) in [6.07, 6.45) is -0.541. The molecule has 11 heteroatoms. The molecular formula is C30H46N2O9. The second-order valence-electron chi connectivity index (χ2n) is 12.6. The summed E-state index contributed by atoms with van der Waals surface area (Å²) in [6, 6.07) is 5.81. The lowest BCUT2D eigenvalue weighted by Gasteiger charge is -2.27. The molecule has 0 aromatic heterocycles. The van der Waals surface area contributed by atoms with Crippen molar-refractivity contribution in [3.05, 3.63) is 35.9 Å². The Kier molecular flexibility index (Phi) is 13.3. The van der Waals surface area contributed by atoms with E-state index >= 15 is 0 Å². The van der Waals surface area contributed by atoms with E-state index in [1.54, 1.807) is 62.3 Å². The molecule has 2 unspecified atom stereocenters. The van der Waals surface area contributed by atoms with Gasteiger partial charge in [-0.3, -0.25) is 9.59 Å². The van der Waals surface area contributed by atoms with Crippen molar-refractivity contribution in [1.82, 2.24) is 10.6 Å². The molecule has 2 amide bonds. The van der Waals surface area contributed by atoms with Crippen molar-refractivity contribution in [2.24, 2.45) is 0 Å². The monoisotopic (exact) mass is 578 g/mol. The zero-order valence-electron chi connectivity index (χ0n) is 25.8. The van der Waals surface area contributed by atoms with Crippen molar-refractivity contribution in [3.63, 3.8) is 0 Å². The Morgan fingerprint density at radius 3 is 1.46 bits per heavy atom. The third-order valence-electron chi connectivity index (χ3n) is 4.93. The first kappa shape index (κ1) is 35.4. The van der Waals surface area contributed by atoms with Gasteiger partial charge in [0.15, 0.2) is 0 Å². The molecule has 0 saturated carbocycles. The molecule has 0 saturated heterocycles. The third kappa shape index (κ3) is 16.9. The first-order valence-electron chi connectivity index (χ1n) is 13.7. The Bertz CT molecular complexity index is 1030. The summed E-state index contributed by atoms with van der Waals surface area (Å²) in [4.78, 5) is 63.3. The lowest BCUT2D eigenvalue weighted by atomic mass is 10.1. The van der Waals surface area contributed by atoms with E-state index in [1.165, 1.54) is 0 Å². The van der Waals surface area contributed by atoms with Crippen LogP contribution in [0.1, 0.15) is 93.6 Å². The van der Waals surface area contributed by atoms with Crippen molar-refractivity contribution in [2.45, 2.75) is 123 Å². The van der Waals surface area contributed by atoms with Gasteiger partial charge in [-0.05, 0) is 80.7 Å². The standard InChI is InChI=1S/C30H46N2O9/c1-28(2,3)39-24(34)18-16-22(26(36)41-30(7,8)9)32-27(37)31-21(25(35)40-29(4,5)6)15-17-23(33)38-19-20-13-11-10-12-14-20/h10-14,21-22H,15-19H2,1-9H3,(H2,31,32,37). The molecule has 0 aliphatic carbocycles. The van der Waals surface area contributed by atoms with E-state index in [-0.39, 0.29) is 32.3 Å². The van der Waals surface area contributed by atoms with Gasteiger partial charge in [-0.1, -0.05) is 30.3 Å². The maximum absolute atomic E-state index is 13.0. The highest BCUT2D eigenvalue weighted by Gasteiger charge is 2.31. The van der Waals surface area contributed by atoms with Crippen molar-refractivity contribution < 1.29 is 42.9 Å². The van der Waals surface area contributed by atoms with Crippen LogP contribution in [-0.2, 0) is 44.7 Å². The third-order valence-corrected chi connectivity index (χ3v) is 4.93. The average molecular weight is 579 g/mol. The van der Waals surface area contributed by atoms with Crippen LogP contribution < -0.4 is 10.6 Å². The van der Waals surface area contributed by atoms with Crippen LogP contribution in [-0.4, -0.2) is 58.8 Å². The average Bonchev–Trinajstić information content (AvgIpc) is 2.80. The number of rotatable bonds is 12. The lowest BCUT2D eigenvalue weighted by molar-refractivity contribution is -0.159. The van der Waals surface area contributed by atoms with Crippen molar-refractivity contribution in [3.8, 4) is 0 Å². The molecule has 1 rings (SSSR count). The number of urea groups is 1. The summed E-state index contributed by atoms with van der Waals surface area (Å²) in [6.45, 7) is 15.3. The molecule has 2 atom stereocenters. The summed E-state index contributed by atoms with van der Waals surface area (Å²) in [5.41, 5.74) is -1.61. The minimum absolute atomic E-state index is 0.0694. The fourth-order valence-corrected chi connectivity index (χ4v) is 3.33. The van der Waals surface area contributed by atoms with E-state index in [0.717, 1.165) is 5.56 Å². The highest BCUT2D eigenvalue weighted by atomic mass is 16.6. The van der Waals surface area contributed by atoms with E-state index in [0.29, 0.717) is 0 Å². The summed E-state index contributed by atoms with van der Waals surface area (Å²) in [5.74, 6) is -2.62. The van der Waals surface area contributed by atoms with Crippen molar-refractivity contribution in [1.29, 1.82) is 0 Å². The minimum atomic E-state index is -1.22. The van der Waals surface area contributed by atoms with Crippen LogP contribution in [0.2, 0.25) is 0 Å². The molecule has 0 radical (unpaired) electrons.